The number of nitrogens with one attached hydrogen (secondary N) is 3. The van der Waals surface area contributed by atoms with E-state index in [1.165, 1.54) is 6.20 Å². The molecule has 5 rings (SSSR count). The van der Waals surface area contributed by atoms with E-state index in [0.29, 0.717) is 35.0 Å². The van der Waals surface area contributed by atoms with Crippen LogP contribution in [0.1, 0.15) is 61.8 Å². The highest BCUT2D eigenvalue weighted by molar-refractivity contribution is 6.00. The standard InChI is InChI=1S/C23H29N7O3/c1-23(33)9-3-5-15(12-23)29-10-4-6-17(22(29)32)27-18-11-19(24-2)30-20(28-18)16(13-25-30)21(31)26-14-7-8-14/h4,6,10-11,13-15,24,33H,3,5,7-9,12H2,1-2H3,(H,26,31)(H,27,28)/t15?,23-/m0/s1. The number of fused-ring (bicyclic) bond motifs is 1. The number of carbonyl (C=O) groups excluding carboxylic acids is 1. The number of carbonyl (C=O) groups is 1. The molecule has 2 fully saturated rings. The first-order valence-corrected chi connectivity index (χ1v) is 11.4. The van der Waals surface area contributed by atoms with Gasteiger partial charge in [0.1, 0.15) is 22.9 Å². The van der Waals surface area contributed by atoms with Gasteiger partial charge in [-0.25, -0.2) is 4.98 Å². The Morgan fingerprint density at radius 3 is 2.85 bits per heavy atom. The van der Waals surface area contributed by atoms with Gasteiger partial charge in [-0.05, 0) is 57.6 Å². The van der Waals surface area contributed by atoms with Crippen molar-refractivity contribution in [2.75, 3.05) is 17.7 Å². The third kappa shape index (κ3) is 4.30. The molecule has 1 unspecified atom stereocenters. The van der Waals surface area contributed by atoms with Crippen molar-refractivity contribution in [1.82, 2.24) is 24.5 Å². The molecule has 4 N–H and O–H groups in total. The minimum atomic E-state index is -0.764. The Morgan fingerprint density at radius 1 is 1.30 bits per heavy atom. The number of nitrogens with zero attached hydrogens (tertiary/aromatic N) is 4. The number of pyridine rings is 1. The summed E-state index contributed by atoms with van der Waals surface area (Å²) in [6, 6.07) is 5.43. The molecule has 2 aliphatic rings. The van der Waals surface area contributed by atoms with Crippen molar-refractivity contribution in [3.8, 4) is 0 Å². The van der Waals surface area contributed by atoms with Gasteiger partial charge in [-0.3, -0.25) is 9.59 Å². The molecule has 0 radical (unpaired) electrons. The number of hydrogen-bond acceptors (Lipinski definition) is 7. The zero-order valence-corrected chi connectivity index (χ0v) is 18.8. The average Bonchev–Trinajstić information content (AvgIpc) is 3.49. The van der Waals surface area contributed by atoms with Crippen LogP contribution >= 0.6 is 0 Å². The van der Waals surface area contributed by atoms with E-state index >= 15 is 0 Å². The molecule has 1 amide bonds. The smallest absolute Gasteiger partial charge is 0.274 e. The summed E-state index contributed by atoms with van der Waals surface area (Å²) in [5, 5.41) is 23.9. The topological polar surface area (TPSA) is 126 Å². The van der Waals surface area contributed by atoms with Gasteiger partial charge in [0.15, 0.2) is 5.65 Å². The summed E-state index contributed by atoms with van der Waals surface area (Å²) < 4.78 is 3.27. The molecule has 2 atom stereocenters. The van der Waals surface area contributed by atoms with Crippen molar-refractivity contribution in [3.63, 3.8) is 0 Å². The van der Waals surface area contributed by atoms with Crippen LogP contribution < -0.4 is 21.5 Å². The zero-order chi connectivity index (χ0) is 23.2. The lowest BCUT2D eigenvalue weighted by Gasteiger charge is -2.34. The monoisotopic (exact) mass is 451 g/mol. The van der Waals surface area contributed by atoms with E-state index in [1.54, 1.807) is 34.5 Å². The molecule has 2 saturated carbocycles. The molecular formula is C23H29N7O3. The van der Waals surface area contributed by atoms with Crippen LogP contribution in [0.15, 0.2) is 35.4 Å². The third-order valence-electron chi connectivity index (χ3n) is 6.44. The van der Waals surface area contributed by atoms with Crippen LogP contribution in [0.2, 0.25) is 0 Å². The molecule has 3 heterocycles. The number of aromatic nitrogens is 4. The lowest BCUT2D eigenvalue weighted by molar-refractivity contribution is 0.00334. The molecule has 0 spiro atoms. The van der Waals surface area contributed by atoms with Crippen LogP contribution in [0.25, 0.3) is 5.65 Å². The molecule has 0 bridgehead atoms. The van der Waals surface area contributed by atoms with Gasteiger partial charge in [0.25, 0.3) is 11.5 Å². The van der Waals surface area contributed by atoms with E-state index in [1.807, 2.05) is 13.0 Å². The second kappa shape index (κ2) is 8.18. The lowest BCUT2D eigenvalue weighted by atomic mass is 9.83. The van der Waals surface area contributed by atoms with Crippen LogP contribution in [0.3, 0.4) is 0 Å². The normalized spacial score (nSPS) is 22.8. The van der Waals surface area contributed by atoms with E-state index in [9.17, 15) is 14.7 Å². The molecule has 10 nitrogen and oxygen atoms in total. The molecule has 33 heavy (non-hydrogen) atoms. The van der Waals surface area contributed by atoms with Gasteiger partial charge in [0.05, 0.1) is 11.8 Å². The van der Waals surface area contributed by atoms with E-state index in [4.69, 9.17) is 0 Å². The predicted molar refractivity (Wildman–Crippen MR) is 125 cm³/mol. The summed E-state index contributed by atoms with van der Waals surface area (Å²) >= 11 is 0. The van der Waals surface area contributed by atoms with Crippen LogP contribution in [0.4, 0.5) is 17.3 Å². The van der Waals surface area contributed by atoms with Crippen LogP contribution in [-0.2, 0) is 0 Å². The van der Waals surface area contributed by atoms with Gasteiger partial charge in [-0.15, -0.1) is 0 Å². The summed E-state index contributed by atoms with van der Waals surface area (Å²) in [6.07, 6.45) is 8.27. The van der Waals surface area contributed by atoms with Crippen molar-refractivity contribution >= 4 is 28.9 Å². The van der Waals surface area contributed by atoms with Crippen molar-refractivity contribution in [3.05, 3.63) is 46.5 Å². The molecule has 0 aromatic carbocycles. The number of anilines is 3. The molecule has 3 aromatic rings. The molecule has 0 aliphatic heterocycles. The maximum atomic E-state index is 13.2. The van der Waals surface area contributed by atoms with Gasteiger partial charge in [-0.1, -0.05) is 0 Å². The van der Waals surface area contributed by atoms with E-state index in [0.717, 1.165) is 32.1 Å². The predicted octanol–water partition coefficient (Wildman–Crippen LogP) is 2.43. The van der Waals surface area contributed by atoms with Crippen LogP contribution in [0, 0.1) is 0 Å². The summed E-state index contributed by atoms with van der Waals surface area (Å²) in [5.74, 6) is 0.858. The van der Waals surface area contributed by atoms with Crippen molar-refractivity contribution in [2.45, 2.75) is 63.1 Å². The molecule has 174 valence electrons. The fourth-order valence-corrected chi connectivity index (χ4v) is 4.55. The summed E-state index contributed by atoms with van der Waals surface area (Å²) in [5.41, 5.74) is 0.233. The van der Waals surface area contributed by atoms with Gasteiger partial charge in [-0.2, -0.15) is 9.61 Å². The van der Waals surface area contributed by atoms with E-state index in [2.05, 4.69) is 26.0 Å². The van der Waals surface area contributed by atoms with Crippen LogP contribution in [-0.4, -0.2) is 48.9 Å². The first-order chi connectivity index (χ1) is 15.8. The average molecular weight is 452 g/mol. The lowest BCUT2D eigenvalue weighted by Crippen LogP contribution is -2.36. The summed E-state index contributed by atoms with van der Waals surface area (Å²) in [7, 11) is 1.76. The van der Waals surface area contributed by atoms with Gasteiger partial charge < -0.3 is 25.6 Å². The second-order valence-corrected chi connectivity index (χ2v) is 9.32. The second-order valence-electron chi connectivity index (χ2n) is 9.32. The summed E-state index contributed by atoms with van der Waals surface area (Å²) in [4.78, 5) is 30.5. The number of aliphatic hydroxyl groups is 1. The number of rotatable bonds is 6. The minimum Gasteiger partial charge on any atom is -0.390 e. The fourth-order valence-electron chi connectivity index (χ4n) is 4.55. The highest BCUT2D eigenvalue weighted by Gasteiger charge is 2.31. The number of amides is 1. The Labute approximate surface area is 191 Å². The maximum absolute atomic E-state index is 13.2. The summed E-state index contributed by atoms with van der Waals surface area (Å²) in [6.45, 7) is 1.83. The zero-order valence-electron chi connectivity index (χ0n) is 18.8. The molecule has 2 aliphatic carbocycles. The maximum Gasteiger partial charge on any atom is 0.274 e. The third-order valence-corrected chi connectivity index (χ3v) is 6.44. The van der Waals surface area contributed by atoms with E-state index < -0.39 is 5.60 Å². The van der Waals surface area contributed by atoms with Gasteiger partial charge in [0, 0.05) is 31.4 Å². The van der Waals surface area contributed by atoms with E-state index in [-0.39, 0.29) is 23.6 Å². The highest BCUT2D eigenvalue weighted by atomic mass is 16.3. The molecular weight excluding hydrogens is 422 g/mol. The Bertz CT molecular complexity index is 1260. The Hall–Kier alpha value is -3.40. The Morgan fingerprint density at radius 2 is 2.12 bits per heavy atom. The van der Waals surface area contributed by atoms with Gasteiger partial charge in [0.2, 0.25) is 0 Å². The van der Waals surface area contributed by atoms with Crippen molar-refractivity contribution in [2.24, 2.45) is 0 Å². The van der Waals surface area contributed by atoms with Crippen molar-refractivity contribution in [1.29, 1.82) is 0 Å². The van der Waals surface area contributed by atoms with Crippen LogP contribution in [0.5, 0.6) is 0 Å². The highest BCUT2D eigenvalue weighted by Crippen LogP contribution is 2.34. The molecule has 3 aromatic heterocycles. The fraction of sp³-hybridized carbons (Fsp3) is 0.478. The quantitative estimate of drug-likeness (QED) is 0.453. The molecule has 0 saturated heterocycles. The van der Waals surface area contributed by atoms with Gasteiger partial charge >= 0.3 is 0 Å². The Kier molecular flexibility index (Phi) is 5.32. The molecule has 10 heteroatoms. The SMILES string of the molecule is CNc1cc(Nc2cccn(C3CCC[C@](C)(O)C3)c2=O)nc2c(C(=O)NC3CC3)cnn12. The largest absolute Gasteiger partial charge is 0.390 e. The Balaban J connectivity index is 1.47. The minimum absolute atomic E-state index is 0.0566. The first kappa shape index (κ1) is 21.4. The number of hydrogen-bond donors (Lipinski definition) is 4. The first-order valence-electron chi connectivity index (χ1n) is 11.4. The van der Waals surface area contributed by atoms with Crippen molar-refractivity contribution < 1.29 is 9.90 Å².